The highest BCUT2D eigenvalue weighted by atomic mass is 32.1. The number of anilines is 1. The second kappa shape index (κ2) is 10.1. The average Bonchev–Trinajstić information content (AvgIpc) is 3.32. The smallest absolute Gasteiger partial charge is 0.169 e. The third-order valence-electron chi connectivity index (χ3n) is 7.45. The predicted octanol–water partition coefficient (Wildman–Crippen LogP) is 7.43. The Kier molecular flexibility index (Phi) is 6.50. The minimum absolute atomic E-state index is 0.404. The molecular weight excluding hydrogens is 488 g/mol. The Morgan fingerprint density at radius 2 is 1.66 bits per heavy atom. The molecule has 38 heavy (non-hydrogen) atoms. The number of nitrogens with one attached hydrogen (secondary N) is 1. The van der Waals surface area contributed by atoms with Crippen molar-refractivity contribution in [3.63, 3.8) is 0 Å². The fourth-order valence-corrected chi connectivity index (χ4v) is 5.79. The molecule has 0 atom stereocenters. The van der Waals surface area contributed by atoms with E-state index in [0.717, 1.165) is 54.4 Å². The van der Waals surface area contributed by atoms with Gasteiger partial charge in [0.25, 0.3) is 0 Å². The molecule has 0 saturated carbocycles. The molecule has 2 aromatic heterocycles. The van der Waals surface area contributed by atoms with Crippen molar-refractivity contribution in [3.8, 4) is 16.9 Å². The van der Waals surface area contributed by atoms with Crippen LogP contribution in [0, 0.1) is 20.8 Å². The van der Waals surface area contributed by atoms with Crippen LogP contribution in [0.1, 0.15) is 46.6 Å². The van der Waals surface area contributed by atoms with Crippen molar-refractivity contribution in [1.29, 1.82) is 0 Å². The number of benzene rings is 3. The van der Waals surface area contributed by atoms with Gasteiger partial charge in [-0.05, 0) is 68.9 Å². The topological polar surface area (TPSA) is 43.5 Å². The fourth-order valence-electron chi connectivity index (χ4n) is 5.50. The third-order valence-corrected chi connectivity index (χ3v) is 7.74. The number of hydrogen-bond donors (Lipinski definition) is 1. The van der Waals surface area contributed by atoms with E-state index >= 15 is 0 Å². The van der Waals surface area contributed by atoms with Crippen LogP contribution in [0.25, 0.3) is 16.8 Å². The molecular formula is C32H32N4OS. The highest BCUT2D eigenvalue weighted by Gasteiger charge is 2.29. The van der Waals surface area contributed by atoms with E-state index < -0.39 is 0 Å². The Morgan fingerprint density at radius 1 is 0.921 bits per heavy atom. The van der Waals surface area contributed by atoms with Crippen molar-refractivity contribution in [2.24, 2.45) is 0 Å². The lowest BCUT2D eigenvalue weighted by Gasteiger charge is -2.15. The van der Waals surface area contributed by atoms with Gasteiger partial charge in [-0.15, -0.1) is 5.10 Å². The molecule has 5 nitrogen and oxygen atoms in total. The minimum atomic E-state index is 0.404. The van der Waals surface area contributed by atoms with E-state index in [4.69, 9.17) is 22.1 Å². The summed E-state index contributed by atoms with van der Waals surface area (Å²) in [5, 5.41) is 8.74. The van der Waals surface area contributed by atoms with E-state index in [0.29, 0.717) is 11.6 Å². The van der Waals surface area contributed by atoms with E-state index in [2.05, 4.69) is 77.6 Å². The monoisotopic (exact) mass is 520 g/mol. The Hall–Kier alpha value is -3.90. The first-order valence-electron chi connectivity index (χ1n) is 13.3. The highest BCUT2D eigenvalue weighted by molar-refractivity contribution is 7.81. The fraction of sp³-hybridized carbons (Fsp3) is 0.250. The first kappa shape index (κ1) is 24.4. The van der Waals surface area contributed by atoms with Crippen molar-refractivity contribution < 1.29 is 4.74 Å². The van der Waals surface area contributed by atoms with E-state index in [1.54, 1.807) is 0 Å². The lowest BCUT2D eigenvalue weighted by molar-refractivity contribution is 0.288. The molecule has 0 unspecified atom stereocenters. The lowest BCUT2D eigenvalue weighted by atomic mass is 9.97. The SMILES string of the molecule is Cc1ccc(-c2c3c4n(c(COc5ccccc5)nn4c2C(=S)Nc2c(C)cccc2C)CCCC3)cc1. The molecule has 0 saturated heterocycles. The molecule has 5 aromatic rings. The largest absolute Gasteiger partial charge is 0.486 e. The second-order valence-corrected chi connectivity index (χ2v) is 10.6. The van der Waals surface area contributed by atoms with Gasteiger partial charge in [0.1, 0.15) is 28.7 Å². The number of aromatic nitrogens is 3. The number of nitrogens with zero attached hydrogens (tertiary/aromatic N) is 3. The Balaban J connectivity index is 1.52. The minimum Gasteiger partial charge on any atom is -0.486 e. The van der Waals surface area contributed by atoms with Crippen LogP contribution in [0.2, 0.25) is 0 Å². The molecule has 1 N–H and O–H groups in total. The summed E-state index contributed by atoms with van der Waals surface area (Å²) in [5.41, 5.74) is 10.4. The van der Waals surface area contributed by atoms with Crippen molar-refractivity contribution in [2.45, 2.75) is 53.2 Å². The van der Waals surface area contributed by atoms with Gasteiger partial charge in [0.15, 0.2) is 5.82 Å². The summed E-state index contributed by atoms with van der Waals surface area (Å²) in [5.74, 6) is 1.76. The standard InChI is InChI=1S/C32H32N4OS/c1-21-15-17-24(18-16-21)28-26-14-7-8-19-35-27(20-37-25-12-5-4-6-13-25)34-36(32(26)35)30(28)31(38)33-29-22(2)10-9-11-23(29)3/h4-6,9-13,15-18H,7-8,14,19-20H2,1-3H3,(H,33,38). The van der Waals surface area contributed by atoms with Gasteiger partial charge in [-0.3, -0.25) is 0 Å². The number of aryl methyl sites for hydroxylation is 5. The normalized spacial score (nSPS) is 12.9. The van der Waals surface area contributed by atoms with Crippen LogP contribution in [0.5, 0.6) is 5.75 Å². The lowest BCUT2D eigenvalue weighted by Crippen LogP contribution is -2.16. The van der Waals surface area contributed by atoms with E-state index in [-0.39, 0.29) is 0 Å². The maximum atomic E-state index is 6.16. The molecule has 0 fully saturated rings. The molecule has 0 spiro atoms. The molecule has 0 aliphatic carbocycles. The van der Waals surface area contributed by atoms with Crippen LogP contribution in [-0.2, 0) is 19.6 Å². The molecule has 0 bridgehead atoms. The summed E-state index contributed by atoms with van der Waals surface area (Å²) < 4.78 is 10.6. The molecule has 6 rings (SSSR count). The van der Waals surface area contributed by atoms with E-state index in [1.807, 2.05) is 30.3 Å². The number of thiocarbonyl (C=S) groups is 1. The van der Waals surface area contributed by atoms with E-state index in [1.165, 1.54) is 33.4 Å². The van der Waals surface area contributed by atoms with Crippen LogP contribution in [0.3, 0.4) is 0 Å². The summed E-state index contributed by atoms with van der Waals surface area (Å²) in [6.45, 7) is 7.67. The molecule has 0 radical (unpaired) electrons. The van der Waals surface area contributed by atoms with Gasteiger partial charge in [0, 0.05) is 23.4 Å². The van der Waals surface area contributed by atoms with E-state index in [9.17, 15) is 0 Å². The Bertz CT molecular complexity index is 1610. The number of hydrogen-bond acceptors (Lipinski definition) is 3. The quantitative estimate of drug-likeness (QED) is 0.237. The zero-order valence-electron chi connectivity index (χ0n) is 22.1. The van der Waals surface area contributed by atoms with Crippen LogP contribution < -0.4 is 10.1 Å². The van der Waals surface area contributed by atoms with Crippen LogP contribution in [0.15, 0.2) is 72.8 Å². The van der Waals surface area contributed by atoms with Gasteiger partial charge in [-0.25, -0.2) is 4.52 Å². The third kappa shape index (κ3) is 4.39. The van der Waals surface area contributed by atoms with Gasteiger partial charge in [-0.2, -0.15) is 0 Å². The summed E-state index contributed by atoms with van der Waals surface area (Å²) in [6.07, 6.45) is 3.21. The zero-order valence-corrected chi connectivity index (χ0v) is 22.9. The molecule has 0 amide bonds. The van der Waals surface area contributed by atoms with Gasteiger partial charge in [0.05, 0.1) is 0 Å². The molecule has 1 aliphatic heterocycles. The zero-order chi connectivity index (χ0) is 26.2. The molecule has 3 heterocycles. The van der Waals surface area contributed by atoms with Gasteiger partial charge in [0.2, 0.25) is 0 Å². The van der Waals surface area contributed by atoms with Crippen LogP contribution in [0.4, 0.5) is 5.69 Å². The Morgan fingerprint density at radius 3 is 2.39 bits per heavy atom. The molecule has 1 aliphatic rings. The average molecular weight is 521 g/mol. The molecule has 6 heteroatoms. The van der Waals surface area contributed by atoms with Crippen LogP contribution in [-0.4, -0.2) is 19.2 Å². The Labute approximate surface area is 229 Å². The van der Waals surface area contributed by atoms with Gasteiger partial charge < -0.3 is 14.6 Å². The summed E-state index contributed by atoms with van der Waals surface area (Å²) in [4.78, 5) is 0.681. The number of ether oxygens (including phenoxy) is 1. The summed E-state index contributed by atoms with van der Waals surface area (Å²) in [6, 6.07) is 25.0. The van der Waals surface area contributed by atoms with Gasteiger partial charge >= 0.3 is 0 Å². The van der Waals surface area contributed by atoms with Crippen molar-refractivity contribution in [1.82, 2.24) is 14.2 Å². The highest BCUT2D eigenvalue weighted by Crippen LogP contribution is 2.38. The van der Waals surface area contributed by atoms with Crippen molar-refractivity contribution in [3.05, 3.63) is 107 Å². The molecule has 192 valence electrons. The van der Waals surface area contributed by atoms with Crippen molar-refractivity contribution in [2.75, 3.05) is 5.32 Å². The van der Waals surface area contributed by atoms with Gasteiger partial charge in [-0.1, -0.05) is 78.4 Å². The second-order valence-electron chi connectivity index (χ2n) is 10.2. The first-order valence-corrected chi connectivity index (χ1v) is 13.7. The number of rotatable bonds is 6. The maximum Gasteiger partial charge on any atom is 0.169 e. The maximum absolute atomic E-state index is 6.16. The van der Waals surface area contributed by atoms with Crippen molar-refractivity contribution >= 4 is 28.5 Å². The van der Waals surface area contributed by atoms with Crippen LogP contribution >= 0.6 is 12.2 Å². The molecule has 3 aromatic carbocycles. The first-order chi connectivity index (χ1) is 18.5. The predicted molar refractivity (Wildman–Crippen MR) is 158 cm³/mol. The number of para-hydroxylation sites is 2. The summed E-state index contributed by atoms with van der Waals surface area (Å²) >= 11 is 6.16. The summed E-state index contributed by atoms with van der Waals surface area (Å²) in [7, 11) is 0.